The van der Waals surface area contributed by atoms with E-state index < -0.39 is 0 Å². The van der Waals surface area contributed by atoms with Gasteiger partial charge in [-0.05, 0) is 34.4 Å². The molecule has 2 N–H and O–H groups in total. The minimum atomic E-state index is 0. The Hall–Kier alpha value is -3.88. The summed E-state index contributed by atoms with van der Waals surface area (Å²) in [6.07, 6.45) is 4.15. The van der Waals surface area contributed by atoms with Crippen LogP contribution in [0.5, 0.6) is 0 Å². The first-order valence-corrected chi connectivity index (χ1v) is 13.6. The van der Waals surface area contributed by atoms with E-state index in [1.54, 1.807) is 0 Å². The number of hydrogen-bond donors (Lipinski definition) is 0. The van der Waals surface area contributed by atoms with Crippen LogP contribution in [-0.4, -0.2) is 0 Å². The van der Waals surface area contributed by atoms with Gasteiger partial charge in [-0.2, -0.15) is 0 Å². The number of aromatic nitrogens is 2. The maximum Gasteiger partial charge on any atom is 0.212 e. The van der Waals surface area contributed by atoms with Crippen molar-refractivity contribution in [3.05, 3.63) is 158 Å². The second-order valence-electron chi connectivity index (χ2n) is 9.94. The zero-order chi connectivity index (χ0) is 26.7. The highest BCUT2D eigenvalue weighted by atomic mass is 127. The SMILES string of the molecule is [I-].[I-].c1ccc(-c2cccc3[nH+]cc4ccccc4c23)cc1.c1ccc(-c2cccc3[nH+]cc4ccccc4c23)cc1. The van der Waals surface area contributed by atoms with E-state index in [2.05, 4.69) is 168 Å². The predicted octanol–water partition coefficient (Wildman–Crippen LogP) is 2.96. The Balaban J connectivity index is 0.000000160. The molecule has 0 aliphatic rings. The summed E-state index contributed by atoms with van der Waals surface area (Å²) in [5.41, 5.74) is 7.40. The molecule has 6 aromatic carbocycles. The van der Waals surface area contributed by atoms with Crippen LogP contribution >= 0.6 is 0 Å². The molecular weight excluding hydrogens is 738 g/mol. The number of benzene rings is 6. The standard InChI is InChI=1S/2C19H13N.2HI/c2*1-2-7-14(8-3-1)16-11-6-12-18-19(16)17-10-5-4-9-15(17)13-20-18;;/h2*1-13H;2*1H. The third-order valence-electron chi connectivity index (χ3n) is 7.53. The zero-order valence-corrected chi connectivity index (χ0v) is 27.1. The lowest BCUT2D eigenvalue weighted by Crippen LogP contribution is -3.00. The predicted molar refractivity (Wildman–Crippen MR) is 167 cm³/mol. The van der Waals surface area contributed by atoms with Crippen LogP contribution in [0.15, 0.2) is 158 Å². The van der Waals surface area contributed by atoms with Gasteiger partial charge in [-0.3, -0.25) is 0 Å². The van der Waals surface area contributed by atoms with Gasteiger partial charge in [0.05, 0.1) is 10.8 Å². The Morgan fingerprint density at radius 1 is 0.333 bits per heavy atom. The van der Waals surface area contributed by atoms with E-state index in [1.165, 1.54) is 65.6 Å². The van der Waals surface area contributed by atoms with Crippen molar-refractivity contribution in [2.75, 3.05) is 0 Å². The van der Waals surface area contributed by atoms with Gasteiger partial charge in [0.25, 0.3) is 0 Å². The molecule has 0 unspecified atom stereocenters. The Kier molecular flexibility index (Phi) is 9.45. The molecule has 2 heterocycles. The van der Waals surface area contributed by atoms with Gasteiger partial charge in [-0.25, -0.2) is 9.97 Å². The highest BCUT2D eigenvalue weighted by Crippen LogP contribution is 2.33. The summed E-state index contributed by atoms with van der Waals surface area (Å²) in [7, 11) is 0. The topological polar surface area (TPSA) is 28.3 Å². The minimum absolute atomic E-state index is 0. The van der Waals surface area contributed by atoms with Gasteiger partial charge in [0.1, 0.15) is 0 Å². The van der Waals surface area contributed by atoms with Crippen molar-refractivity contribution in [2.24, 2.45) is 0 Å². The molecule has 2 aromatic heterocycles. The van der Waals surface area contributed by atoms with E-state index in [-0.39, 0.29) is 48.0 Å². The van der Waals surface area contributed by atoms with Crippen molar-refractivity contribution >= 4 is 43.4 Å². The first kappa shape index (κ1) is 29.6. The van der Waals surface area contributed by atoms with Crippen molar-refractivity contribution in [3.8, 4) is 22.3 Å². The Labute approximate surface area is 279 Å². The first-order valence-electron chi connectivity index (χ1n) is 13.6. The smallest absolute Gasteiger partial charge is 0.212 e. The summed E-state index contributed by atoms with van der Waals surface area (Å²) in [5, 5.41) is 7.64. The molecule has 0 amide bonds. The maximum absolute atomic E-state index is 3.40. The summed E-state index contributed by atoms with van der Waals surface area (Å²) >= 11 is 0. The summed E-state index contributed by atoms with van der Waals surface area (Å²) in [5.74, 6) is 0. The molecule has 4 heteroatoms. The van der Waals surface area contributed by atoms with Crippen LogP contribution in [0, 0.1) is 0 Å². The number of pyridine rings is 2. The van der Waals surface area contributed by atoms with E-state index in [0.29, 0.717) is 0 Å². The lowest BCUT2D eigenvalue weighted by Gasteiger charge is -2.06. The number of hydrogen-bond acceptors (Lipinski definition) is 0. The van der Waals surface area contributed by atoms with Gasteiger partial charge in [0, 0.05) is 33.7 Å². The molecule has 204 valence electrons. The van der Waals surface area contributed by atoms with Gasteiger partial charge in [0.15, 0.2) is 12.4 Å². The monoisotopic (exact) mass is 766 g/mol. The van der Waals surface area contributed by atoms with Crippen LogP contribution < -0.4 is 57.9 Å². The molecule has 0 saturated heterocycles. The minimum Gasteiger partial charge on any atom is -1.00 e. The molecule has 0 fully saturated rings. The number of rotatable bonds is 2. The third kappa shape index (κ3) is 5.74. The first-order chi connectivity index (χ1) is 19.9. The van der Waals surface area contributed by atoms with Gasteiger partial charge < -0.3 is 48.0 Å². The number of H-pyrrole nitrogens is 2. The average Bonchev–Trinajstić information content (AvgIpc) is 3.05. The largest absolute Gasteiger partial charge is 1.00 e. The van der Waals surface area contributed by atoms with E-state index in [0.717, 1.165) is 0 Å². The van der Waals surface area contributed by atoms with Gasteiger partial charge in [0.2, 0.25) is 11.0 Å². The lowest BCUT2D eigenvalue weighted by atomic mass is 9.97. The lowest BCUT2D eigenvalue weighted by molar-refractivity contribution is -0.342. The van der Waals surface area contributed by atoms with Crippen molar-refractivity contribution in [2.45, 2.75) is 0 Å². The average molecular weight is 766 g/mol. The van der Waals surface area contributed by atoms with Crippen LogP contribution in [0.3, 0.4) is 0 Å². The second kappa shape index (κ2) is 13.4. The normalized spacial score (nSPS) is 10.5. The van der Waals surface area contributed by atoms with E-state index >= 15 is 0 Å². The van der Waals surface area contributed by atoms with Gasteiger partial charge in [-0.15, -0.1) is 0 Å². The van der Waals surface area contributed by atoms with Crippen LogP contribution in [0.25, 0.3) is 65.6 Å². The Bertz CT molecular complexity index is 1960. The van der Waals surface area contributed by atoms with Crippen molar-refractivity contribution < 1.29 is 57.9 Å². The summed E-state index contributed by atoms with van der Waals surface area (Å²) in [6, 6.07) is 51.0. The van der Waals surface area contributed by atoms with Crippen LogP contribution in [0.2, 0.25) is 0 Å². The molecule has 42 heavy (non-hydrogen) atoms. The van der Waals surface area contributed by atoms with Crippen molar-refractivity contribution in [1.29, 1.82) is 0 Å². The molecule has 0 bridgehead atoms. The fraction of sp³-hybridized carbons (Fsp3) is 0. The molecule has 8 rings (SSSR count). The molecule has 0 aliphatic carbocycles. The van der Waals surface area contributed by atoms with Gasteiger partial charge >= 0.3 is 0 Å². The molecule has 0 atom stereocenters. The van der Waals surface area contributed by atoms with E-state index in [1.807, 2.05) is 0 Å². The Morgan fingerprint density at radius 2 is 0.714 bits per heavy atom. The summed E-state index contributed by atoms with van der Waals surface area (Å²) in [6.45, 7) is 0. The molecule has 0 aliphatic heterocycles. The second-order valence-corrected chi connectivity index (χ2v) is 9.94. The van der Waals surface area contributed by atoms with Crippen molar-refractivity contribution in [1.82, 2.24) is 0 Å². The molecule has 0 radical (unpaired) electrons. The maximum atomic E-state index is 3.40. The summed E-state index contributed by atoms with van der Waals surface area (Å²) in [4.78, 5) is 6.81. The third-order valence-corrected chi connectivity index (χ3v) is 7.53. The molecular formula is C38H28I2N2. The summed E-state index contributed by atoms with van der Waals surface area (Å²) < 4.78 is 0. The van der Waals surface area contributed by atoms with E-state index in [4.69, 9.17) is 0 Å². The molecule has 0 saturated carbocycles. The highest BCUT2D eigenvalue weighted by molar-refractivity contribution is 6.12. The van der Waals surface area contributed by atoms with Crippen LogP contribution in [0.1, 0.15) is 0 Å². The quantitative estimate of drug-likeness (QED) is 0.192. The Morgan fingerprint density at radius 3 is 1.14 bits per heavy atom. The van der Waals surface area contributed by atoms with Gasteiger partial charge in [-0.1, -0.05) is 121 Å². The number of aromatic amines is 2. The van der Waals surface area contributed by atoms with Crippen LogP contribution in [-0.2, 0) is 0 Å². The molecule has 8 aromatic rings. The molecule has 2 nitrogen and oxygen atoms in total. The fourth-order valence-electron chi connectivity index (χ4n) is 5.65. The van der Waals surface area contributed by atoms with E-state index in [9.17, 15) is 0 Å². The fourth-order valence-corrected chi connectivity index (χ4v) is 5.65. The molecule has 0 spiro atoms. The van der Waals surface area contributed by atoms with Crippen molar-refractivity contribution in [3.63, 3.8) is 0 Å². The number of nitrogens with one attached hydrogen (secondary N) is 2. The number of halogens is 2. The number of fused-ring (bicyclic) bond motifs is 6. The highest BCUT2D eigenvalue weighted by Gasteiger charge is 2.12. The van der Waals surface area contributed by atoms with Crippen LogP contribution in [0.4, 0.5) is 0 Å². The zero-order valence-electron chi connectivity index (χ0n) is 22.8.